The fourth-order valence-electron chi connectivity index (χ4n) is 6.53. The van der Waals surface area contributed by atoms with E-state index in [0.717, 1.165) is 31.6 Å². The molecule has 2 heteroatoms. The molecule has 0 radical (unpaired) electrons. The third-order valence-electron chi connectivity index (χ3n) is 7.72. The zero-order chi connectivity index (χ0) is 15.7. The molecule has 2 nitrogen and oxygen atoms in total. The monoisotopic (exact) mass is 302 g/mol. The zero-order valence-electron chi connectivity index (χ0n) is 14.3. The molecule has 0 aliphatic heterocycles. The summed E-state index contributed by atoms with van der Waals surface area (Å²) >= 11 is 0. The van der Waals surface area contributed by atoms with Gasteiger partial charge in [-0.15, -0.1) is 0 Å². The van der Waals surface area contributed by atoms with E-state index in [1.54, 1.807) is 0 Å². The molecule has 3 fully saturated rings. The first-order valence-corrected chi connectivity index (χ1v) is 9.21. The van der Waals surface area contributed by atoms with Crippen LogP contribution in [-0.4, -0.2) is 17.0 Å². The Morgan fingerprint density at radius 3 is 2.68 bits per heavy atom. The van der Waals surface area contributed by atoms with Gasteiger partial charge in [0.15, 0.2) is 5.78 Å². The van der Waals surface area contributed by atoms with Gasteiger partial charge in [-0.3, -0.25) is 4.79 Å². The number of aliphatic hydroxyl groups is 1. The summed E-state index contributed by atoms with van der Waals surface area (Å²) < 4.78 is 0. The van der Waals surface area contributed by atoms with Crippen LogP contribution in [-0.2, 0) is 4.79 Å². The van der Waals surface area contributed by atoms with Gasteiger partial charge in [-0.25, -0.2) is 0 Å². The quantitative estimate of drug-likeness (QED) is 0.730. The number of allylic oxidation sites excluding steroid dienone is 2. The van der Waals surface area contributed by atoms with Crippen molar-refractivity contribution in [2.45, 2.75) is 71.8 Å². The minimum atomic E-state index is -0.152. The Morgan fingerprint density at radius 1 is 1.14 bits per heavy atom. The lowest BCUT2D eigenvalue weighted by Crippen LogP contribution is -2.53. The maximum atomic E-state index is 11.8. The van der Waals surface area contributed by atoms with Gasteiger partial charge in [0.2, 0.25) is 0 Å². The topological polar surface area (TPSA) is 37.3 Å². The fraction of sp³-hybridized carbons (Fsp3) is 0.850. The van der Waals surface area contributed by atoms with Crippen molar-refractivity contribution in [1.82, 2.24) is 0 Å². The van der Waals surface area contributed by atoms with Crippen LogP contribution in [0.2, 0.25) is 0 Å². The lowest BCUT2D eigenvalue weighted by atomic mass is 9.49. The first-order chi connectivity index (χ1) is 10.3. The molecule has 1 N–H and O–H groups in total. The second-order valence-corrected chi connectivity index (χ2v) is 9.60. The molecule has 22 heavy (non-hydrogen) atoms. The second-order valence-electron chi connectivity index (χ2n) is 9.60. The normalized spacial score (nSPS) is 49.9. The number of hydrogen-bond donors (Lipinski definition) is 1. The highest BCUT2D eigenvalue weighted by Gasteiger charge is 2.58. The average Bonchev–Trinajstić information content (AvgIpc) is 2.78. The van der Waals surface area contributed by atoms with Crippen LogP contribution in [0.3, 0.4) is 0 Å². The number of hydrogen-bond acceptors (Lipinski definition) is 2. The largest absolute Gasteiger partial charge is 0.393 e. The summed E-state index contributed by atoms with van der Waals surface area (Å²) in [5, 5.41) is 10.9. The van der Waals surface area contributed by atoms with Crippen molar-refractivity contribution in [2.24, 2.45) is 34.5 Å². The number of carbonyl (C=O) groups excluding carboxylic acids is 1. The molecule has 3 saturated carbocycles. The molecule has 0 aromatic heterocycles. The zero-order valence-corrected chi connectivity index (χ0v) is 14.3. The van der Waals surface area contributed by atoms with Gasteiger partial charge >= 0.3 is 0 Å². The minimum Gasteiger partial charge on any atom is -0.393 e. The van der Waals surface area contributed by atoms with Crippen LogP contribution in [0.4, 0.5) is 0 Å². The maximum Gasteiger partial charge on any atom is 0.155 e. The summed E-state index contributed by atoms with van der Waals surface area (Å²) in [5.41, 5.74) is 1.81. The van der Waals surface area contributed by atoms with Gasteiger partial charge in [-0.2, -0.15) is 0 Å². The van der Waals surface area contributed by atoms with Crippen molar-refractivity contribution < 1.29 is 9.90 Å². The molecule has 4 rings (SSSR count). The van der Waals surface area contributed by atoms with Crippen LogP contribution in [0, 0.1) is 34.5 Å². The molecule has 0 amide bonds. The minimum absolute atomic E-state index is 0.106. The van der Waals surface area contributed by atoms with Crippen LogP contribution < -0.4 is 0 Å². The summed E-state index contributed by atoms with van der Waals surface area (Å²) in [5.74, 6) is 3.13. The van der Waals surface area contributed by atoms with Gasteiger partial charge in [0.1, 0.15) is 0 Å². The Labute approximate surface area is 134 Å². The highest BCUT2D eigenvalue weighted by atomic mass is 16.3. The summed E-state index contributed by atoms with van der Waals surface area (Å²) in [7, 11) is 0. The van der Waals surface area contributed by atoms with Crippen molar-refractivity contribution in [1.29, 1.82) is 0 Å². The molecule has 0 heterocycles. The third kappa shape index (κ3) is 2.06. The number of fused-ring (bicyclic) bond motifs is 5. The molecular weight excluding hydrogens is 272 g/mol. The van der Waals surface area contributed by atoms with Crippen molar-refractivity contribution in [3.05, 3.63) is 11.6 Å². The molecular formula is C20H30O2. The number of ketones is 1. The first-order valence-electron chi connectivity index (χ1n) is 9.21. The van der Waals surface area contributed by atoms with Crippen LogP contribution >= 0.6 is 0 Å². The van der Waals surface area contributed by atoms with E-state index < -0.39 is 0 Å². The lowest BCUT2D eigenvalue weighted by Gasteiger charge is -2.57. The van der Waals surface area contributed by atoms with E-state index in [9.17, 15) is 9.90 Å². The molecule has 0 spiro atoms. The average molecular weight is 302 g/mol. The van der Waals surface area contributed by atoms with E-state index in [2.05, 4.69) is 20.8 Å². The lowest BCUT2D eigenvalue weighted by molar-refractivity contribution is -0.136. The predicted molar refractivity (Wildman–Crippen MR) is 87.3 cm³/mol. The van der Waals surface area contributed by atoms with Crippen LogP contribution in [0.15, 0.2) is 11.6 Å². The highest BCUT2D eigenvalue weighted by molar-refractivity contribution is 5.91. The molecule has 0 saturated heterocycles. The van der Waals surface area contributed by atoms with Gasteiger partial charge in [0, 0.05) is 6.42 Å². The van der Waals surface area contributed by atoms with Gasteiger partial charge in [0.25, 0.3) is 0 Å². The molecule has 0 unspecified atom stereocenters. The summed E-state index contributed by atoms with van der Waals surface area (Å²) in [6.45, 7) is 6.99. The Hall–Kier alpha value is -0.630. The summed E-state index contributed by atoms with van der Waals surface area (Å²) in [4.78, 5) is 11.8. The van der Waals surface area contributed by atoms with Gasteiger partial charge < -0.3 is 5.11 Å². The Bertz CT molecular complexity index is 532. The number of rotatable bonds is 0. The SMILES string of the molecule is CC1(C)C[C@H](O)[C@@]2(C)CC[C@H]3[C@H](CC4=CC(=O)CC[C@H]43)[C@@H]2C1. The summed E-state index contributed by atoms with van der Waals surface area (Å²) in [6.07, 6.45) is 9.42. The van der Waals surface area contributed by atoms with E-state index in [0.29, 0.717) is 23.5 Å². The van der Waals surface area contributed by atoms with Gasteiger partial charge in [0.05, 0.1) is 6.10 Å². The highest BCUT2D eigenvalue weighted by Crippen LogP contribution is 2.64. The van der Waals surface area contributed by atoms with Gasteiger partial charge in [-0.05, 0) is 79.1 Å². The Kier molecular flexibility index (Phi) is 3.18. The van der Waals surface area contributed by atoms with Crippen molar-refractivity contribution in [3.8, 4) is 0 Å². The third-order valence-corrected chi connectivity index (χ3v) is 7.72. The van der Waals surface area contributed by atoms with E-state index in [1.807, 2.05) is 6.08 Å². The predicted octanol–water partition coefficient (Wildman–Crippen LogP) is 4.13. The van der Waals surface area contributed by atoms with Crippen LogP contribution in [0.1, 0.15) is 65.7 Å². The van der Waals surface area contributed by atoms with Crippen molar-refractivity contribution >= 4 is 5.78 Å². The molecule has 6 atom stereocenters. The maximum absolute atomic E-state index is 11.8. The molecule has 0 bridgehead atoms. The molecule has 0 aromatic carbocycles. The number of aliphatic hydroxyl groups excluding tert-OH is 1. The second kappa shape index (κ2) is 4.69. The van der Waals surface area contributed by atoms with E-state index in [-0.39, 0.29) is 16.9 Å². The Morgan fingerprint density at radius 2 is 1.91 bits per heavy atom. The molecule has 0 aromatic rings. The smallest absolute Gasteiger partial charge is 0.155 e. The Balaban J connectivity index is 1.68. The van der Waals surface area contributed by atoms with E-state index in [4.69, 9.17) is 0 Å². The van der Waals surface area contributed by atoms with E-state index >= 15 is 0 Å². The standard InChI is InChI=1S/C20H30O2/c1-19(2)10-17-16-9-12-8-13(21)4-5-14(12)15(16)6-7-20(17,3)18(22)11-19/h8,14-18,22H,4-7,9-11H2,1-3H3/t14-,15-,16+,17+,18+,20+/m1/s1. The summed E-state index contributed by atoms with van der Waals surface area (Å²) in [6, 6.07) is 0. The molecule has 4 aliphatic rings. The molecule has 4 aliphatic carbocycles. The number of carbonyl (C=O) groups is 1. The van der Waals surface area contributed by atoms with Crippen molar-refractivity contribution in [3.63, 3.8) is 0 Å². The van der Waals surface area contributed by atoms with Crippen LogP contribution in [0.5, 0.6) is 0 Å². The van der Waals surface area contributed by atoms with Gasteiger partial charge in [-0.1, -0.05) is 26.3 Å². The molecule has 122 valence electrons. The van der Waals surface area contributed by atoms with E-state index in [1.165, 1.54) is 24.8 Å². The van der Waals surface area contributed by atoms with Crippen LogP contribution in [0.25, 0.3) is 0 Å². The van der Waals surface area contributed by atoms with Crippen molar-refractivity contribution in [2.75, 3.05) is 0 Å². The fourth-order valence-corrected chi connectivity index (χ4v) is 6.53. The first kappa shape index (κ1) is 14.9.